The fourth-order valence-electron chi connectivity index (χ4n) is 2.49. The lowest BCUT2D eigenvalue weighted by Crippen LogP contribution is -2.13. The lowest BCUT2D eigenvalue weighted by atomic mass is 10.00. The first-order valence-corrected chi connectivity index (χ1v) is 7.77. The van der Waals surface area contributed by atoms with E-state index in [0.29, 0.717) is 29.2 Å². The summed E-state index contributed by atoms with van der Waals surface area (Å²) < 4.78 is 11.0. The minimum atomic E-state index is -0.525. The van der Waals surface area contributed by atoms with Crippen molar-refractivity contribution in [3.05, 3.63) is 78.1 Å². The third-order valence-electron chi connectivity index (χ3n) is 3.76. The van der Waals surface area contributed by atoms with Crippen LogP contribution < -0.4 is 15.2 Å². The quantitative estimate of drug-likeness (QED) is 0.749. The Morgan fingerprint density at radius 3 is 2.56 bits per heavy atom. The average molecular weight is 334 g/mol. The van der Waals surface area contributed by atoms with Crippen molar-refractivity contribution in [2.24, 2.45) is 5.73 Å². The molecule has 0 bridgehead atoms. The van der Waals surface area contributed by atoms with Crippen LogP contribution in [-0.2, 0) is 6.61 Å². The normalized spacial score (nSPS) is 10.3. The highest BCUT2D eigenvalue weighted by atomic mass is 16.5. The van der Waals surface area contributed by atoms with Gasteiger partial charge in [0.25, 0.3) is 0 Å². The second-order valence-corrected chi connectivity index (χ2v) is 5.46. The highest BCUT2D eigenvalue weighted by molar-refractivity contribution is 6.00. The molecule has 0 aliphatic carbocycles. The maximum absolute atomic E-state index is 11.9. The zero-order valence-corrected chi connectivity index (χ0v) is 13.8. The number of carbonyl (C=O) groups is 1. The molecule has 5 heteroatoms. The van der Waals surface area contributed by atoms with Gasteiger partial charge in [0.2, 0.25) is 5.91 Å². The Labute approximate surface area is 146 Å². The number of amides is 1. The molecule has 1 amide bonds. The molecule has 3 rings (SSSR count). The molecular weight excluding hydrogens is 316 g/mol. The zero-order valence-electron chi connectivity index (χ0n) is 13.8. The number of carbonyl (C=O) groups excluding carboxylic acids is 1. The van der Waals surface area contributed by atoms with Gasteiger partial charge in [-0.3, -0.25) is 9.78 Å². The van der Waals surface area contributed by atoms with Gasteiger partial charge in [0.05, 0.1) is 18.9 Å². The van der Waals surface area contributed by atoms with E-state index in [4.69, 9.17) is 15.2 Å². The molecule has 3 aromatic rings. The molecule has 1 aromatic heterocycles. The van der Waals surface area contributed by atoms with Crippen LogP contribution >= 0.6 is 0 Å². The molecule has 0 aliphatic heterocycles. The summed E-state index contributed by atoms with van der Waals surface area (Å²) >= 11 is 0. The Balaban J connectivity index is 1.89. The minimum absolute atomic E-state index is 0.376. The second kappa shape index (κ2) is 7.49. The standard InChI is InChI=1S/C20H18N2O3/c1-24-17-9-15(11-22-12-17)18-8-7-16(10-19(18)20(21)23)25-13-14-5-3-2-4-6-14/h2-12H,13H2,1H3,(H2,21,23). The maximum atomic E-state index is 11.9. The van der Waals surface area contributed by atoms with E-state index in [0.717, 1.165) is 11.1 Å². The molecule has 0 atom stereocenters. The van der Waals surface area contributed by atoms with Gasteiger partial charge < -0.3 is 15.2 Å². The fraction of sp³-hybridized carbons (Fsp3) is 0.100. The van der Waals surface area contributed by atoms with Crippen molar-refractivity contribution in [1.82, 2.24) is 4.98 Å². The van der Waals surface area contributed by atoms with Gasteiger partial charge in [0.1, 0.15) is 18.1 Å². The van der Waals surface area contributed by atoms with Gasteiger partial charge in [-0.1, -0.05) is 30.3 Å². The molecule has 0 aliphatic rings. The van der Waals surface area contributed by atoms with Crippen molar-refractivity contribution in [2.45, 2.75) is 6.61 Å². The number of primary amides is 1. The van der Waals surface area contributed by atoms with Crippen LogP contribution in [0.4, 0.5) is 0 Å². The number of nitrogens with zero attached hydrogens (tertiary/aromatic N) is 1. The monoisotopic (exact) mass is 334 g/mol. The van der Waals surface area contributed by atoms with Crippen LogP contribution in [0.5, 0.6) is 11.5 Å². The number of pyridine rings is 1. The molecule has 0 radical (unpaired) electrons. The van der Waals surface area contributed by atoms with Crippen LogP contribution in [0.25, 0.3) is 11.1 Å². The summed E-state index contributed by atoms with van der Waals surface area (Å²) in [6, 6.07) is 16.9. The number of hydrogen-bond donors (Lipinski definition) is 1. The average Bonchev–Trinajstić information content (AvgIpc) is 2.67. The van der Waals surface area contributed by atoms with Gasteiger partial charge in [-0.2, -0.15) is 0 Å². The van der Waals surface area contributed by atoms with Crippen LogP contribution in [0.1, 0.15) is 15.9 Å². The molecule has 126 valence electrons. The lowest BCUT2D eigenvalue weighted by Gasteiger charge is -2.12. The van der Waals surface area contributed by atoms with Crippen LogP contribution in [0.2, 0.25) is 0 Å². The van der Waals surface area contributed by atoms with E-state index in [9.17, 15) is 4.79 Å². The molecule has 0 spiro atoms. The SMILES string of the molecule is COc1cncc(-c2ccc(OCc3ccccc3)cc2C(N)=O)c1. The summed E-state index contributed by atoms with van der Waals surface area (Å²) in [5.74, 6) is 0.664. The Morgan fingerprint density at radius 2 is 1.84 bits per heavy atom. The number of rotatable bonds is 6. The van der Waals surface area contributed by atoms with Crippen LogP contribution in [0.3, 0.4) is 0 Å². The highest BCUT2D eigenvalue weighted by Gasteiger charge is 2.13. The van der Waals surface area contributed by atoms with Gasteiger partial charge in [-0.05, 0) is 35.4 Å². The van der Waals surface area contributed by atoms with E-state index >= 15 is 0 Å². The van der Waals surface area contributed by atoms with Gasteiger partial charge in [-0.25, -0.2) is 0 Å². The molecule has 1 heterocycles. The number of hydrogen-bond acceptors (Lipinski definition) is 4. The van der Waals surface area contributed by atoms with Crippen LogP contribution in [0.15, 0.2) is 67.0 Å². The van der Waals surface area contributed by atoms with Gasteiger partial charge in [0, 0.05) is 11.8 Å². The van der Waals surface area contributed by atoms with Crippen molar-refractivity contribution in [2.75, 3.05) is 7.11 Å². The number of aromatic nitrogens is 1. The zero-order chi connectivity index (χ0) is 17.6. The van der Waals surface area contributed by atoms with Crippen LogP contribution in [0, 0.1) is 0 Å². The van der Waals surface area contributed by atoms with Gasteiger partial charge >= 0.3 is 0 Å². The summed E-state index contributed by atoms with van der Waals surface area (Å²) in [4.78, 5) is 16.0. The molecule has 0 saturated heterocycles. The van der Waals surface area contributed by atoms with Crippen molar-refractivity contribution in [1.29, 1.82) is 0 Å². The van der Waals surface area contributed by atoms with E-state index in [1.165, 1.54) is 0 Å². The largest absolute Gasteiger partial charge is 0.495 e. The molecule has 25 heavy (non-hydrogen) atoms. The van der Waals surface area contributed by atoms with E-state index in [-0.39, 0.29) is 0 Å². The van der Waals surface area contributed by atoms with Crippen molar-refractivity contribution in [3.63, 3.8) is 0 Å². The predicted octanol–water partition coefficient (Wildman–Crippen LogP) is 3.44. The number of ether oxygens (including phenoxy) is 2. The smallest absolute Gasteiger partial charge is 0.249 e. The second-order valence-electron chi connectivity index (χ2n) is 5.46. The molecule has 0 saturated carbocycles. The van der Waals surface area contributed by atoms with E-state index < -0.39 is 5.91 Å². The molecule has 2 aromatic carbocycles. The summed E-state index contributed by atoms with van der Waals surface area (Å²) in [7, 11) is 1.57. The lowest BCUT2D eigenvalue weighted by molar-refractivity contribution is 0.100. The molecule has 5 nitrogen and oxygen atoms in total. The molecular formula is C20H18N2O3. The summed E-state index contributed by atoms with van der Waals surface area (Å²) in [5.41, 5.74) is 8.41. The highest BCUT2D eigenvalue weighted by Crippen LogP contribution is 2.29. The Hall–Kier alpha value is -3.34. The first-order valence-electron chi connectivity index (χ1n) is 7.77. The maximum Gasteiger partial charge on any atom is 0.249 e. The van der Waals surface area contributed by atoms with Crippen LogP contribution in [-0.4, -0.2) is 18.0 Å². The first kappa shape index (κ1) is 16.5. The third-order valence-corrected chi connectivity index (χ3v) is 3.76. The molecule has 0 unspecified atom stereocenters. The Bertz CT molecular complexity index is 879. The molecule has 0 fully saturated rings. The minimum Gasteiger partial charge on any atom is -0.495 e. The van der Waals surface area contributed by atoms with Crippen molar-refractivity contribution in [3.8, 4) is 22.6 Å². The fourth-order valence-corrected chi connectivity index (χ4v) is 2.49. The van der Waals surface area contributed by atoms with Gasteiger partial charge in [0.15, 0.2) is 0 Å². The van der Waals surface area contributed by atoms with Crippen molar-refractivity contribution < 1.29 is 14.3 Å². The van der Waals surface area contributed by atoms with E-state index in [2.05, 4.69) is 4.98 Å². The Morgan fingerprint density at radius 1 is 1.04 bits per heavy atom. The van der Waals surface area contributed by atoms with E-state index in [1.54, 1.807) is 37.7 Å². The number of benzene rings is 2. The summed E-state index contributed by atoms with van der Waals surface area (Å²) in [6.07, 6.45) is 3.26. The Kier molecular flexibility index (Phi) is 4.95. The summed E-state index contributed by atoms with van der Waals surface area (Å²) in [5, 5.41) is 0. The predicted molar refractivity (Wildman–Crippen MR) is 95.5 cm³/mol. The molecule has 2 N–H and O–H groups in total. The van der Waals surface area contributed by atoms with Crippen molar-refractivity contribution >= 4 is 5.91 Å². The first-order chi connectivity index (χ1) is 12.2. The number of nitrogens with two attached hydrogens (primary N) is 1. The van der Waals surface area contributed by atoms with Gasteiger partial charge in [-0.15, -0.1) is 0 Å². The van der Waals surface area contributed by atoms with E-state index in [1.807, 2.05) is 36.4 Å². The summed E-state index contributed by atoms with van der Waals surface area (Å²) in [6.45, 7) is 0.416. The topological polar surface area (TPSA) is 74.4 Å². The third kappa shape index (κ3) is 3.95. The number of methoxy groups -OCH3 is 1.